The molecule has 1 N–H and O–H groups in total. The highest BCUT2D eigenvalue weighted by Gasteiger charge is 2.23. The van der Waals surface area contributed by atoms with Crippen LogP contribution in [0.15, 0.2) is 65.7 Å². The highest BCUT2D eigenvalue weighted by atomic mass is 32.2. The molecule has 0 amide bonds. The van der Waals surface area contributed by atoms with Gasteiger partial charge in [-0.1, -0.05) is 50.2 Å². The predicted molar refractivity (Wildman–Crippen MR) is 109 cm³/mol. The molecule has 3 rings (SSSR count). The summed E-state index contributed by atoms with van der Waals surface area (Å²) in [7, 11) is -1.46. The number of rotatable bonds is 7. The molecule has 0 unspecified atom stereocenters. The Morgan fingerprint density at radius 1 is 0.926 bits per heavy atom. The van der Waals surface area contributed by atoms with Crippen LogP contribution < -0.4 is 9.88 Å². The molecule has 0 aliphatic carbocycles. The summed E-state index contributed by atoms with van der Waals surface area (Å²) in [6.45, 7) is 5.33. The lowest BCUT2D eigenvalue weighted by Gasteiger charge is -2.18. The van der Waals surface area contributed by atoms with Gasteiger partial charge in [0.15, 0.2) is 0 Å². The minimum Gasteiger partial charge on any atom is -0.260 e. The molecule has 0 saturated carbocycles. The Balaban J connectivity index is 1.78. The smallest absolute Gasteiger partial charge is 0.260 e. The summed E-state index contributed by atoms with van der Waals surface area (Å²) < 4.78 is 26.6. The summed E-state index contributed by atoms with van der Waals surface area (Å²) in [5, 5.41) is 2.44. The molecule has 0 saturated heterocycles. The van der Waals surface area contributed by atoms with Crippen molar-refractivity contribution in [3.8, 4) is 0 Å². The van der Waals surface area contributed by atoms with Crippen molar-refractivity contribution in [3.05, 3.63) is 66.4 Å². The second-order valence-corrected chi connectivity index (χ2v) is 8.47. The molecule has 2 aromatic carbocycles. The molecule has 0 aliphatic heterocycles. The SMILES string of the molecule is CCN(CC)S(=O)(=O)c1ccc(N(C)Cc2ccc3ccccc3c2)[nH+]c1. The van der Waals surface area contributed by atoms with Crippen LogP contribution in [0.25, 0.3) is 10.8 Å². The summed E-state index contributed by atoms with van der Waals surface area (Å²) in [4.78, 5) is 5.48. The molecule has 0 atom stereocenters. The van der Waals surface area contributed by atoms with Crippen molar-refractivity contribution in [2.24, 2.45) is 0 Å². The normalized spacial score (nSPS) is 11.9. The van der Waals surface area contributed by atoms with Gasteiger partial charge in [0.2, 0.25) is 10.0 Å². The van der Waals surface area contributed by atoms with Gasteiger partial charge in [-0.15, -0.1) is 0 Å². The number of hydrogen-bond donors (Lipinski definition) is 0. The van der Waals surface area contributed by atoms with Gasteiger partial charge in [0.1, 0.15) is 17.6 Å². The molecular weight excluding hydrogens is 358 g/mol. The number of benzene rings is 2. The minimum atomic E-state index is -3.44. The number of anilines is 1. The quantitative estimate of drug-likeness (QED) is 0.628. The molecule has 5 nitrogen and oxygen atoms in total. The van der Waals surface area contributed by atoms with Crippen LogP contribution in [0.3, 0.4) is 0 Å². The average molecular weight is 385 g/mol. The van der Waals surface area contributed by atoms with Gasteiger partial charge in [0, 0.05) is 19.2 Å². The number of nitrogens with one attached hydrogen (secondary N) is 1. The highest BCUT2D eigenvalue weighted by molar-refractivity contribution is 7.89. The fraction of sp³-hybridized carbons (Fsp3) is 0.286. The van der Waals surface area contributed by atoms with E-state index in [2.05, 4.69) is 40.2 Å². The zero-order chi connectivity index (χ0) is 19.4. The fourth-order valence-corrected chi connectivity index (χ4v) is 4.63. The number of fused-ring (bicyclic) bond motifs is 1. The fourth-order valence-electron chi connectivity index (χ4n) is 3.21. The van der Waals surface area contributed by atoms with E-state index in [-0.39, 0.29) is 4.90 Å². The summed E-state index contributed by atoms with van der Waals surface area (Å²) in [5.41, 5.74) is 1.20. The third-order valence-electron chi connectivity index (χ3n) is 4.76. The van der Waals surface area contributed by atoms with Gasteiger partial charge in [-0.05, 0) is 28.5 Å². The third kappa shape index (κ3) is 4.12. The van der Waals surface area contributed by atoms with Gasteiger partial charge < -0.3 is 0 Å². The second-order valence-electron chi connectivity index (χ2n) is 6.54. The second kappa shape index (κ2) is 8.06. The Morgan fingerprint density at radius 2 is 1.63 bits per heavy atom. The summed E-state index contributed by atoms with van der Waals surface area (Å²) in [5.74, 6) is 0.863. The van der Waals surface area contributed by atoms with E-state index in [1.54, 1.807) is 12.3 Å². The summed E-state index contributed by atoms with van der Waals surface area (Å²) in [6.07, 6.45) is 1.57. The van der Waals surface area contributed by atoms with E-state index in [1.807, 2.05) is 39.1 Å². The lowest BCUT2D eigenvalue weighted by molar-refractivity contribution is -0.367. The molecular formula is C21H26N3O2S+. The van der Waals surface area contributed by atoms with Crippen LogP contribution in [-0.2, 0) is 16.6 Å². The third-order valence-corrected chi connectivity index (χ3v) is 6.80. The van der Waals surface area contributed by atoms with E-state index in [9.17, 15) is 8.42 Å². The maximum absolute atomic E-state index is 12.6. The monoisotopic (exact) mass is 384 g/mol. The Labute approximate surface area is 161 Å². The van der Waals surface area contributed by atoms with Crippen LogP contribution in [0, 0.1) is 0 Å². The van der Waals surface area contributed by atoms with Crippen molar-refractivity contribution < 1.29 is 13.4 Å². The van der Waals surface area contributed by atoms with Gasteiger partial charge in [-0.25, -0.2) is 13.4 Å². The largest absolute Gasteiger partial charge is 0.274 e. The number of hydrogen-bond acceptors (Lipinski definition) is 3. The van der Waals surface area contributed by atoms with Gasteiger partial charge in [-0.2, -0.15) is 4.31 Å². The Kier molecular flexibility index (Phi) is 5.77. The highest BCUT2D eigenvalue weighted by Crippen LogP contribution is 2.19. The van der Waals surface area contributed by atoms with Crippen LogP contribution in [-0.4, -0.2) is 32.9 Å². The van der Waals surface area contributed by atoms with Crippen LogP contribution in [0.4, 0.5) is 5.82 Å². The molecule has 142 valence electrons. The minimum absolute atomic E-state index is 0.286. The van der Waals surface area contributed by atoms with Crippen LogP contribution >= 0.6 is 0 Å². The molecule has 0 radical (unpaired) electrons. The zero-order valence-electron chi connectivity index (χ0n) is 16.0. The molecule has 27 heavy (non-hydrogen) atoms. The Bertz CT molecular complexity index is 1010. The average Bonchev–Trinajstić information content (AvgIpc) is 2.68. The van der Waals surface area contributed by atoms with Gasteiger partial charge in [0.25, 0.3) is 5.82 Å². The first-order valence-electron chi connectivity index (χ1n) is 9.16. The predicted octanol–water partition coefficient (Wildman–Crippen LogP) is 3.32. The summed E-state index contributed by atoms with van der Waals surface area (Å²) in [6, 6.07) is 18.2. The lowest BCUT2D eigenvalue weighted by Crippen LogP contribution is -2.32. The Hall–Kier alpha value is -2.44. The molecule has 1 heterocycles. The van der Waals surface area contributed by atoms with Crippen molar-refractivity contribution in [1.29, 1.82) is 0 Å². The van der Waals surface area contributed by atoms with Crippen molar-refractivity contribution in [3.63, 3.8) is 0 Å². The lowest BCUT2D eigenvalue weighted by atomic mass is 10.1. The molecule has 0 spiro atoms. The molecule has 0 bridgehead atoms. The van der Waals surface area contributed by atoms with Gasteiger partial charge in [0.05, 0.1) is 7.05 Å². The topological polar surface area (TPSA) is 54.8 Å². The first-order valence-corrected chi connectivity index (χ1v) is 10.6. The van der Waals surface area contributed by atoms with Crippen molar-refractivity contribution in [2.75, 3.05) is 25.0 Å². The number of H-pyrrole nitrogens is 1. The number of nitrogens with zero attached hydrogens (tertiary/aromatic N) is 2. The summed E-state index contributed by atoms with van der Waals surface area (Å²) >= 11 is 0. The van der Waals surface area contributed by atoms with Crippen LogP contribution in [0.1, 0.15) is 19.4 Å². The van der Waals surface area contributed by atoms with Crippen molar-refractivity contribution in [1.82, 2.24) is 4.31 Å². The van der Waals surface area contributed by atoms with Crippen LogP contribution in [0.2, 0.25) is 0 Å². The van der Waals surface area contributed by atoms with E-state index in [0.717, 1.165) is 12.4 Å². The van der Waals surface area contributed by atoms with E-state index in [1.165, 1.54) is 20.6 Å². The van der Waals surface area contributed by atoms with E-state index < -0.39 is 10.0 Å². The molecule has 0 aliphatic rings. The van der Waals surface area contributed by atoms with E-state index in [4.69, 9.17) is 0 Å². The number of aromatic amines is 1. The molecule has 0 fully saturated rings. The number of pyridine rings is 1. The number of aromatic nitrogens is 1. The van der Waals surface area contributed by atoms with E-state index >= 15 is 0 Å². The molecule has 1 aromatic heterocycles. The standard InChI is InChI=1S/C21H25N3O2S/c1-4-24(5-2)27(25,26)20-12-13-21(22-15-20)23(3)16-17-10-11-18-8-6-7-9-19(18)14-17/h6-15H,4-5,16H2,1-3H3/p+1. The molecule has 6 heteroatoms. The first kappa shape index (κ1) is 19.3. The zero-order valence-corrected chi connectivity index (χ0v) is 16.8. The van der Waals surface area contributed by atoms with Gasteiger partial charge in [-0.3, -0.25) is 4.90 Å². The Morgan fingerprint density at radius 3 is 2.26 bits per heavy atom. The van der Waals surface area contributed by atoms with Crippen LogP contribution in [0.5, 0.6) is 0 Å². The molecule has 3 aromatic rings. The number of sulfonamides is 1. The van der Waals surface area contributed by atoms with Crippen molar-refractivity contribution in [2.45, 2.75) is 25.3 Å². The van der Waals surface area contributed by atoms with Gasteiger partial charge >= 0.3 is 0 Å². The maximum Gasteiger partial charge on any atom is 0.274 e. The first-order chi connectivity index (χ1) is 13.0. The van der Waals surface area contributed by atoms with Crippen molar-refractivity contribution >= 4 is 26.6 Å². The maximum atomic E-state index is 12.6. The van der Waals surface area contributed by atoms with E-state index in [0.29, 0.717) is 13.1 Å².